The fourth-order valence-electron chi connectivity index (χ4n) is 3.21. The van der Waals surface area contributed by atoms with Crippen LogP contribution in [-0.2, 0) is 10.2 Å². The highest BCUT2D eigenvalue weighted by Crippen LogP contribution is 2.32. The summed E-state index contributed by atoms with van der Waals surface area (Å²) in [5, 5.41) is 8.98. The minimum Gasteiger partial charge on any atom is -0.444 e. The third kappa shape index (κ3) is 5.56. The molecule has 0 spiro atoms. The molecule has 0 aliphatic rings. The van der Waals surface area contributed by atoms with E-state index in [4.69, 9.17) is 15.9 Å². The van der Waals surface area contributed by atoms with Crippen LogP contribution in [0.5, 0.6) is 0 Å². The van der Waals surface area contributed by atoms with Crippen LogP contribution in [0.15, 0.2) is 36.5 Å². The number of hydrogen-bond acceptors (Lipinski definition) is 4. The average Bonchev–Trinajstić information content (AvgIpc) is 2.64. The molecule has 1 amide bonds. The summed E-state index contributed by atoms with van der Waals surface area (Å²) in [7, 11) is 0. The second-order valence-corrected chi connectivity index (χ2v) is 8.65. The van der Waals surface area contributed by atoms with E-state index in [0.29, 0.717) is 18.1 Å². The van der Waals surface area contributed by atoms with E-state index in [1.807, 2.05) is 45.9 Å². The molecule has 2 rings (SSSR count). The Labute approximate surface area is 173 Å². The van der Waals surface area contributed by atoms with E-state index in [0.717, 1.165) is 28.7 Å². The number of nitrogens with two attached hydrogens (primary N) is 2. The fraction of sp³-hybridized carbons (Fsp3) is 0.435. The highest BCUT2D eigenvalue weighted by molar-refractivity contribution is 6.04. The summed E-state index contributed by atoms with van der Waals surface area (Å²) >= 11 is 0. The molecule has 0 saturated carbocycles. The van der Waals surface area contributed by atoms with Crippen molar-refractivity contribution < 1.29 is 14.9 Å². The minimum absolute atomic E-state index is 0.257. The first-order chi connectivity index (χ1) is 13.5. The number of ether oxygens (including phenoxy) is 1. The number of hydrogen-bond donors (Lipinski definition) is 3. The standard InChI is InChI=1S/C23H32N4O2/c1-7-23(6,14-27-21(28)29-22(3,4)5)17-10-8-9-16(13-17)18-11-12-26-20(25)19(18)15(2)24/h8-13,24H,7,14H2,1-6H3,(H2,25,26)(H,27,28)/p+1. The molecule has 156 valence electrons. The van der Waals surface area contributed by atoms with Gasteiger partial charge in [0.15, 0.2) is 5.71 Å². The number of carbonyl (C=O) groups excluding carboxylic acids is 1. The van der Waals surface area contributed by atoms with Crippen molar-refractivity contribution >= 4 is 17.6 Å². The molecule has 6 nitrogen and oxygen atoms in total. The lowest BCUT2D eigenvalue weighted by molar-refractivity contribution is -0.113. The van der Waals surface area contributed by atoms with Crippen LogP contribution in [0.2, 0.25) is 0 Å². The Kier molecular flexibility index (Phi) is 6.67. The summed E-state index contributed by atoms with van der Waals surface area (Å²) in [6, 6.07) is 10.2. The first-order valence-electron chi connectivity index (χ1n) is 9.88. The van der Waals surface area contributed by atoms with Gasteiger partial charge in [0, 0.05) is 30.6 Å². The molecule has 1 unspecified atom stereocenters. The molecule has 0 fully saturated rings. The van der Waals surface area contributed by atoms with Gasteiger partial charge in [0.2, 0.25) is 0 Å². The van der Waals surface area contributed by atoms with Gasteiger partial charge in [-0.15, -0.1) is 0 Å². The lowest BCUT2D eigenvalue weighted by Crippen LogP contribution is -2.41. The Bertz CT molecular complexity index is 902. The van der Waals surface area contributed by atoms with Crippen molar-refractivity contribution in [1.82, 2.24) is 10.3 Å². The maximum atomic E-state index is 12.1. The summed E-state index contributed by atoms with van der Waals surface area (Å²) in [5.41, 5.74) is 9.73. The summed E-state index contributed by atoms with van der Waals surface area (Å²) in [6.07, 6.45) is 2.12. The van der Waals surface area contributed by atoms with Gasteiger partial charge in [0.25, 0.3) is 0 Å². The Morgan fingerprint density at radius 1 is 1.24 bits per heavy atom. The van der Waals surface area contributed by atoms with E-state index < -0.39 is 11.7 Å². The van der Waals surface area contributed by atoms with Crippen molar-refractivity contribution in [3.8, 4) is 11.1 Å². The molecule has 0 saturated heterocycles. The van der Waals surface area contributed by atoms with Gasteiger partial charge in [-0.05, 0) is 44.4 Å². The zero-order valence-electron chi connectivity index (χ0n) is 18.3. The van der Waals surface area contributed by atoms with Crippen molar-refractivity contribution in [3.05, 3.63) is 47.7 Å². The predicted octanol–water partition coefficient (Wildman–Crippen LogP) is 3.09. The van der Waals surface area contributed by atoms with Gasteiger partial charge >= 0.3 is 6.09 Å². The number of amides is 1. The molecule has 1 atom stereocenters. The Morgan fingerprint density at radius 2 is 1.93 bits per heavy atom. The number of rotatable bonds is 6. The Hall–Kier alpha value is -2.89. The summed E-state index contributed by atoms with van der Waals surface area (Å²) < 4.78 is 5.37. The molecule has 0 aliphatic carbocycles. The van der Waals surface area contributed by atoms with E-state index in [9.17, 15) is 4.79 Å². The van der Waals surface area contributed by atoms with Crippen molar-refractivity contribution in [2.75, 3.05) is 12.3 Å². The maximum Gasteiger partial charge on any atom is 0.407 e. The molecule has 29 heavy (non-hydrogen) atoms. The first-order valence-corrected chi connectivity index (χ1v) is 9.88. The van der Waals surface area contributed by atoms with Gasteiger partial charge in [-0.2, -0.15) is 0 Å². The average molecular weight is 398 g/mol. The van der Waals surface area contributed by atoms with Crippen LogP contribution >= 0.6 is 0 Å². The monoisotopic (exact) mass is 397 g/mol. The topological polar surface area (TPSA) is 103 Å². The van der Waals surface area contributed by atoms with Crippen LogP contribution in [0.3, 0.4) is 0 Å². The van der Waals surface area contributed by atoms with E-state index in [1.54, 1.807) is 6.20 Å². The first kappa shape index (κ1) is 22.4. The van der Waals surface area contributed by atoms with Crippen molar-refractivity contribution in [2.24, 2.45) is 0 Å². The predicted molar refractivity (Wildman–Crippen MR) is 118 cm³/mol. The molecule has 0 radical (unpaired) electrons. The van der Waals surface area contributed by atoms with Gasteiger partial charge < -0.3 is 15.8 Å². The van der Waals surface area contributed by atoms with E-state index in [1.165, 1.54) is 0 Å². The molecule has 0 bridgehead atoms. The number of nitrogens with one attached hydrogen (secondary N) is 1. The molecule has 0 aliphatic heterocycles. The zero-order chi connectivity index (χ0) is 21.8. The lowest BCUT2D eigenvalue weighted by Gasteiger charge is -2.30. The summed E-state index contributed by atoms with van der Waals surface area (Å²) in [4.78, 5) is 16.3. The van der Waals surface area contributed by atoms with Crippen LogP contribution < -0.4 is 16.5 Å². The lowest BCUT2D eigenvalue weighted by atomic mass is 9.79. The molecule has 1 aromatic heterocycles. The Morgan fingerprint density at radius 3 is 2.52 bits per heavy atom. The fourth-order valence-corrected chi connectivity index (χ4v) is 3.21. The second kappa shape index (κ2) is 8.64. The van der Waals surface area contributed by atoms with Crippen LogP contribution in [0, 0.1) is 0 Å². The van der Waals surface area contributed by atoms with Crippen molar-refractivity contribution in [3.63, 3.8) is 0 Å². The normalized spacial score (nSPS) is 13.4. The van der Waals surface area contributed by atoms with Crippen LogP contribution in [0.1, 0.15) is 59.1 Å². The number of carbonyl (C=O) groups is 1. The number of aromatic nitrogens is 1. The minimum atomic E-state index is -0.527. The third-order valence-electron chi connectivity index (χ3n) is 5.05. The smallest absolute Gasteiger partial charge is 0.407 e. The number of nitrogen functional groups attached to an aromatic ring is 1. The molecule has 5 N–H and O–H groups in total. The quantitative estimate of drug-likeness (QED) is 0.652. The largest absolute Gasteiger partial charge is 0.444 e. The van der Waals surface area contributed by atoms with Gasteiger partial charge in [0.05, 0.1) is 5.56 Å². The molecule has 1 aromatic carbocycles. The SMILES string of the molecule is CCC(C)(CNC(=O)OC(C)(C)C)c1cccc(-c2ccnc(N)c2C(C)=[NH2+])c1. The molecule has 2 aromatic rings. The van der Waals surface area contributed by atoms with Gasteiger partial charge in [-0.3, -0.25) is 5.41 Å². The number of pyridine rings is 1. The molecule has 1 heterocycles. The van der Waals surface area contributed by atoms with Crippen molar-refractivity contribution in [1.29, 1.82) is 0 Å². The van der Waals surface area contributed by atoms with Crippen LogP contribution in [0.25, 0.3) is 11.1 Å². The van der Waals surface area contributed by atoms with E-state index in [2.05, 4.69) is 36.3 Å². The highest BCUT2D eigenvalue weighted by Gasteiger charge is 2.27. The third-order valence-corrected chi connectivity index (χ3v) is 5.05. The number of alkyl carbamates (subject to hydrolysis) is 1. The Balaban J connectivity index is 2.35. The molecular formula is C23H33N4O2+. The van der Waals surface area contributed by atoms with Gasteiger partial charge in [0.1, 0.15) is 11.4 Å². The highest BCUT2D eigenvalue weighted by atomic mass is 16.6. The van der Waals surface area contributed by atoms with E-state index in [-0.39, 0.29) is 5.41 Å². The zero-order valence-corrected chi connectivity index (χ0v) is 18.3. The number of nitrogens with zero attached hydrogens (tertiary/aromatic N) is 1. The second-order valence-electron chi connectivity index (χ2n) is 8.65. The van der Waals surface area contributed by atoms with Crippen molar-refractivity contribution in [2.45, 2.75) is 59.0 Å². The maximum absolute atomic E-state index is 12.1. The number of anilines is 1. The van der Waals surface area contributed by atoms with Gasteiger partial charge in [-0.1, -0.05) is 38.1 Å². The molecule has 6 heteroatoms. The molecular weight excluding hydrogens is 364 g/mol. The van der Waals surface area contributed by atoms with Gasteiger partial charge in [-0.25, -0.2) is 9.78 Å². The summed E-state index contributed by atoms with van der Waals surface area (Å²) in [5.74, 6) is 0.415. The van der Waals surface area contributed by atoms with Crippen LogP contribution in [-0.4, -0.2) is 28.9 Å². The van der Waals surface area contributed by atoms with E-state index >= 15 is 0 Å². The number of benzene rings is 1. The summed E-state index contributed by atoms with van der Waals surface area (Å²) in [6.45, 7) is 12.1. The van der Waals surface area contributed by atoms with Crippen LogP contribution in [0.4, 0.5) is 10.6 Å².